The number of rotatable bonds is 7. The van der Waals surface area contributed by atoms with E-state index >= 15 is 0 Å². The van der Waals surface area contributed by atoms with Crippen LogP contribution < -0.4 is 15.0 Å². The van der Waals surface area contributed by atoms with Gasteiger partial charge in [0.05, 0.1) is 19.2 Å². The van der Waals surface area contributed by atoms with Gasteiger partial charge in [-0.25, -0.2) is 0 Å². The van der Waals surface area contributed by atoms with E-state index in [0.717, 1.165) is 16.7 Å². The molecule has 0 unspecified atom stereocenters. The van der Waals surface area contributed by atoms with Crippen molar-refractivity contribution in [2.45, 2.75) is 27.2 Å². The monoisotopic (exact) mass is 388 g/mol. The van der Waals surface area contributed by atoms with Gasteiger partial charge in [0.1, 0.15) is 5.75 Å². The fourth-order valence-electron chi connectivity index (χ4n) is 2.85. The summed E-state index contributed by atoms with van der Waals surface area (Å²) < 4.78 is 5.36. The molecule has 0 saturated heterocycles. The molecular weight excluding hydrogens is 364 g/mol. The summed E-state index contributed by atoms with van der Waals surface area (Å²) in [5.41, 5.74) is 3.57. The zero-order valence-electron chi connectivity index (χ0n) is 16.1. The molecule has 2 aromatic carbocycles. The van der Waals surface area contributed by atoms with Gasteiger partial charge in [0.25, 0.3) is 0 Å². The van der Waals surface area contributed by atoms with Gasteiger partial charge >= 0.3 is 0 Å². The van der Waals surface area contributed by atoms with Crippen molar-refractivity contribution < 1.29 is 14.3 Å². The maximum atomic E-state index is 12.2. The molecule has 0 aliphatic carbocycles. The van der Waals surface area contributed by atoms with Gasteiger partial charge < -0.3 is 15.0 Å². The highest BCUT2D eigenvalue weighted by atomic mass is 35.5. The van der Waals surface area contributed by atoms with Crippen LogP contribution in [0.3, 0.4) is 0 Å². The zero-order chi connectivity index (χ0) is 20.0. The number of ether oxygens (including phenoxy) is 1. The molecule has 0 bridgehead atoms. The van der Waals surface area contributed by atoms with Crippen LogP contribution in [-0.4, -0.2) is 32.0 Å². The molecule has 0 aliphatic heterocycles. The lowest BCUT2D eigenvalue weighted by molar-refractivity contribution is -0.121. The molecule has 2 amide bonds. The average Bonchev–Trinajstić information content (AvgIpc) is 2.60. The normalized spacial score (nSPS) is 10.4. The summed E-state index contributed by atoms with van der Waals surface area (Å²) in [5, 5.41) is 3.44. The van der Waals surface area contributed by atoms with Gasteiger partial charge in [-0.3, -0.25) is 9.59 Å². The van der Waals surface area contributed by atoms with E-state index in [0.29, 0.717) is 36.0 Å². The van der Waals surface area contributed by atoms with Gasteiger partial charge in [-0.2, -0.15) is 0 Å². The van der Waals surface area contributed by atoms with Crippen molar-refractivity contribution >= 4 is 29.1 Å². The third kappa shape index (κ3) is 5.73. The summed E-state index contributed by atoms with van der Waals surface area (Å²) in [7, 11) is 1.53. The molecule has 2 aromatic rings. The summed E-state index contributed by atoms with van der Waals surface area (Å²) in [5.74, 6) is 0.304. The van der Waals surface area contributed by atoms with Crippen molar-refractivity contribution in [1.82, 2.24) is 5.32 Å². The maximum absolute atomic E-state index is 12.2. The first kappa shape index (κ1) is 20.8. The molecule has 0 aromatic heterocycles. The number of amides is 2. The Labute approximate surface area is 165 Å². The summed E-state index contributed by atoms with van der Waals surface area (Å²) in [6.45, 7) is 6.03. The SMILES string of the molecule is COc1cc(Cl)c(C)cc1N(CCNC(=O)Cc1cccc(C)c1)C(C)=O. The van der Waals surface area contributed by atoms with E-state index in [1.165, 1.54) is 14.0 Å². The van der Waals surface area contributed by atoms with Crippen molar-refractivity contribution in [3.05, 3.63) is 58.1 Å². The van der Waals surface area contributed by atoms with Gasteiger partial charge in [0, 0.05) is 31.1 Å². The summed E-state index contributed by atoms with van der Waals surface area (Å²) in [6, 6.07) is 11.4. The first-order chi connectivity index (χ1) is 12.8. The Morgan fingerprint density at radius 1 is 1.19 bits per heavy atom. The number of anilines is 1. The van der Waals surface area contributed by atoms with Crippen molar-refractivity contribution in [2.24, 2.45) is 0 Å². The molecule has 0 saturated carbocycles. The van der Waals surface area contributed by atoms with Gasteiger partial charge in [0.2, 0.25) is 11.8 Å². The summed E-state index contributed by atoms with van der Waals surface area (Å²) in [6.07, 6.45) is 0.311. The van der Waals surface area contributed by atoms with E-state index in [1.54, 1.807) is 11.0 Å². The van der Waals surface area contributed by atoms with E-state index in [9.17, 15) is 9.59 Å². The Morgan fingerprint density at radius 3 is 2.56 bits per heavy atom. The fraction of sp³-hybridized carbons (Fsp3) is 0.333. The van der Waals surface area contributed by atoms with E-state index in [1.807, 2.05) is 44.2 Å². The van der Waals surface area contributed by atoms with Crippen LogP contribution in [0.15, 0.2) is 36.4 Å². The van der Waals surface area contributed by atoms with Crippen LogP contribution in [0.1, 0.15) is 23.6 Å². The number of aryl methyl sites for hydroxylation is 2. The molecule has 0 radical (unpaired) electrons. The minimum atomic E-state index is -0.136. The number of methoxy groups -OCH3 is 1. The third-order valence-electron chi connectivity index (χ3n) is 4.24. The predicted molar refractivity (Wildman–Crippen MR) is 109 cm³/mol. The molecule has 0 fully saturated rings. The van der Waals surface area contributed by atoms with Crippen LogP contribution >= 0.6 is 11.6 Å². The second-order valence-corrected chi connectivity index (χ2v) is 6.87. The number of benzene rings is 2. The fourth-order valence-corrected chi connectivity index (χ4v) is 3.00. The number of hydrogen-bond donors (Lipinski definition) is 1. The van der Waals surface area contributed by atoms with Crippen LogP contribution in [-0.2, 0) is 16.0 Å². The number of carbonyl (C=O) groups excluding carboxylic acids is 2. The molecule has 0 spiro atoms. The highest BCUT2D eigenvalue weighted by Crippen LogP contribution is 2.33. The molecule has 0 atom stereocenters. The molecule has 0 aliphatic rings. The molecule has 27 heavy (non-hydrogen) atoms. The smallest absolute Gasteiger partial charge is 0.224 e. The lowest BCUT2D eigenvalue weighted by Crippen LogP contribution is -2.38. The Kier molecular flexibility index (Phi) is 7.25. The number of halogens is 1. The summed E-state index contributed by atoms with van der Waals surface area (Å²) in [4.78, 5) is 25.9. The molecule has 1 N–H and O–H groups in total. The topological polar surface area (TPSA) is 58.6 Å². The highest BCUT2D eigenvalue weighted by Gasteiger charge is 2.18. The molecule has 5 nitrogen and oxygen atoms in total. The van der Waals surface area contributed by atoms with Crippen LogP contribution in [0.25, 0.3) is 0 Å². The van der Waals surface area contributed by atoms with Gasteiger partial charge in [-0.05, 0) is 31.0 Å². The Morgan fingerprint density at radius 2 is 1.93 bits per heavy atom. The van der Waals surface area contributed by atoms with Crippen molar-refractivity contribution in [3.8, 4) is 5.75 Å². The Balaban J connectivity index is 2.02. The molecule has 2 rings (SSSR count). The summed E-state index contributed by atoms with van der Waals surface area (Å²) >= 11 is 6.14. The minimum absolute atomic E-state index is 0.0802. The van der Waals surface area contributed by atoms with E-state index in [-0.39, 0.29) is 11.8 Å². The van der Waals surface area contributed by atoms with E-state index in [4.69, 9.17) is 16.3 Å². The zero-order valence-corrected chi connectivity index (χ0v) is 16.9. The standard InChI is InChI=1S/C21H25ClN2O3/c1-14-6-5-7-17(10-14)12-21(26)23-8-9-24(16(3)25)19-11-15(2)18(22)13-20(19)27-4/h5-7,10-11,13H,8-9,12H2,1-4H3,(H,23,26). The Bertz CT molecular complexity index is 836. The van der Waals surface area contributed by atoms with Crippen LogP contribution in [0.2, 0.25) is 5.02 Å². The first-order valence-electron chi connectivity index (χ1n) is 8.76. The lowest BCUT2D eigenvalue weighted by Gasteiger charge is -2.24. The number of nitrogens with zero attached hydrogens (tertiary/aromatic N) is 1. The highest BCUT2D eigenvalue weighted by molar-refractivity contribution is 6.31. The van der Waals surface area contributed by atoms with E-state index in [2.05, 4.69) is 5.32 Å². The van der Waals surface area contributed by atoms with Gasteiger partial charge in [0.15, 0.2) is 0 Å². The molecule has 144 valence electrons. The van der Waals surface area contributed by atoms with Crippen molar-refractivity contribution in [1.29, 1.82) is 0 Å². The second-order valence-electron chi connectivity index (χ2n) is 6.46. The van der Waals surface area contributed by atoms with E-state index < -0.39 is 0 Å². The number of nitrogens with one attached hydrogen (secondary N) is 1. The number of carbonyl (C=O) groups is 2. The van der Waals surface area contributed by atoms with Crippen molar-refractivity contribution in [2.75, 3.05) is 25.1 Å². The third-order valence-corrected chi connectivity index (χ3v) is 4.64. The predicted octanol–water partition coefficient (Wildman–Crippen LogP) is 3.68. The molecule has 6 heteroatoms. The van der Waals surface area contributed by atoms with Crippen LogP contribution in [0, 0.1) is 13.8 Å². The van der Waals surface area contributed by atoms with Crippen molar-refractivity contribution in [3.63, 3.8) is 0 Å². The van der Waals surface area contributed by atoms with Crippen LogP contribution in [0.4, 0.5) is 5.69 Å². The quantitative estimate of drug-likeness (QED) is 0.787. The first-order valence-corrected chi connectivity index (χ1v) is 9.14. The molecule has 0 heterocycles. The van der Waals surface area contributed by atoms with Gasteiger partial charge in [-0.1, -0.05) is 41.4 Å². The Hall–Kier alpha value is -2.53. The second kappa shape index (κ2) is 9.42. The maximum Gasteiger partial charge on any atom is 0.224 e. The van der Waals surface area contributed by atoms with Crippen LogP contribution in [0.5, 0.6) is 5.75 Å². The number of hydrogen-bond acceptors (Lipinski definition) is 3. The minimum Gasteiger partial charge on any atom is -0.495 e. The van der Waals surface area contributed by atoms with Gasteiger partial charge in [-0.15, -0.1) is 0 Å². The largest absolute Gasteiger partial charge is 0.495 e. The average molecular weight is 389 g/mol. The molecular formula is C21H25ClN2O3. The lowest BCUT2D eigenvalue weighted by atomic mass is 10.1.